The van der Waals surface area contributed by atoms with Crippen LogP contribution in [0.2, 0.25) is 0 Å². The lowest BCUT2D eigenvalue weighted by molar-refractivity contribution is 0.292. The van der Waals surface area contributed by atoms with E-state index in [0.29, 0.717) is 6.04 Å². The number of dihydropyridines is 1. The molecule has 0 aromatic heterocycles. The van der Waals surface area contributed by atoms with Crippen molar-refractivity contribution in [3.8, 4) is 0 Å². The molecular formula is C17H22N2. The van der Waals surface area contributed by atoms with Crippen molar-refractivity contribution in [1.82, 2.24) is 4.90 Å². The molecule has 0 amide bonds. The molecule has 0 aliphatic carbocycles. The molecule has 0 saturated carbocycles. The van der Waals surface area contributed by atoms with Crippen LogP contribution in [-0.2, 0) is 0 Å². The van der Waals surface area contributed by atoms with Gasteiger partial charge < -0.3 is 0 Å². The third-order valence-electron chi connectivity index (χ3n) is 4.37. The molecule has 19 heavy (non-hydrogen) atoms. The summed E-state index contributed by atoms with van der Waals surface area (Å²) in [6.07, 6.45) is 2.28. The normalized spacial score (nSPS) is 24.1. The summed E-state index contributed by atoms with van der Waals surface area (Å²) in [4.78, 5) is 7.46. The van der Waals surface area contributed by atoms with Crippen LogP contribution in [0.1, 0.15) is 32.3 Å². The first-order valence-corrected chi connectivity index (χ1v) is 7.33. The highest BCUT2D eigenvalue weighted by molar-refractivity contribution is 6.02. The first-order valence-electron chi connectivity index (χ1n) is 7.33. The van der Waals surface area contributed by atoms with Crippen LogP contribution in [0.3, 0.4) is 0 Å². The Bertz CT molecular complexity index is 513. The molecule has 1 aromatic rings. The van der Waals surface area contributed by atoms with E-state index in [4.69, 9.17) is 4.99 Å². The van der Waals surface area contributed by atoms with Gasteiger partial charge in [0.2, 0.25) is 0 Å². The van der Waals surface area contributed by atoms with Crippen LogP contribution in [0.5, 0.6) is 0 Å². The number of aliphatic imine (C=N–C) groups is 1. The van der Waals surface area contributed by atoms with Crippen LogP contribution in [0, 0.1) is 0 Å². The molecule has 2 heteroatoms. The largest absolute Gasteiger partial charge is 0.299 e. The van der Waals surface area contributed by atoms with E-state index in [1.807, 2.05) is 0 Å². The third kappa shape index (κ3) is 2.50. The molecule has 0 spiro atoms. The maximum absolute atomic E-state index is 4.94. The predicted octanol–water partition coefficient (Wildman–Crippen LogP) is 3.29. The summed E-state index contributed by atoms with van der Waals surface area (Å²) in [5, 5.41) is 0. The summed E-state index contributed by atoms with van der Waals surface area (Å²) in [5.74, 6) is 0. The van der Waals surface area contributed by atoms with Gasteiger partial charge in [0.15, 0.2) is 0 Å². The van der Waals surface area contributed by atoms with Gasteiger partial charge in [-0.3, -0.25) is 9.89 Å². The Balaban J connectivity index is 1.84. The second kappa shape index (κ2) is 5.30. The van der Waals surface area contributed by atoms with Gasteiger partial charge in [-0.15, -0.1) is 0 Å². The minimum Gasteiger partial charge on any atom is -0.299 e. The second-order valence-electron chi connectivity index (χ2n) is 5.54. The van der Waals surface area contributed by atoms with E-state index in [1.54, 1.807) is 11.1 Å². The predicted molar refractivity (Wildman–Crippen MR) is 80.8 cm³/mol. The topological polar surface area (TPSA) is 15.6 Å². The van der Waals surface area contributed by atoms with Crippen LogP contribution in [0.15, 0.2) is 46.5 Å². The van der Waals surface area contributed by atoms with Crippen molar-refractivity contribution in [3.63, 3.8) is 0 Å². The van der Waals surface area contributed by atoms with E-state index >= 15 is 0 Å². The van der Waals surface area contributed by atoms with Gasteiger partial charge in [0.25, 0.3) is 0 Å². The van der Waals surface area contributed by atoms with E-state index in [2.05, 4.69) is 49.1 Å². The highest BCUT2D eigenvalue weighted by Crippen LogP contribution is 2.30. The van der Waals surface area contributed by atoms with Gasteiger partial charge in [-0.1, -0.05) is 42.8 Å². The third-order valence-corrected chi connectivity index (χ3v) is 4.37. The number of rotatable bonds is 2. The van der Waals surface area contributed by atoms with Gasteiger partial charge in [0.1, 0.15) is 0 Å². The standard InChI is InChI=1S/C17H22N2/c1-3-19-10-9-15-11-17(14-7-5-4-6-8-14)18-13(2)16(15)12-19/h4-8,13H,3,9-12H2,1-2H3. The minimum absolute atomic E-state index is 0.355. The molecular weight excluding hydrogens is 232 g/mol. The Morgan fingerprint density at radius 1 is 1.26 bits per heavy atom. The van der Waals surface area contributed by atoms with Gasteiger partial charge in [-0.25, -0.2) is 0 Å². The quantitative estimate of drug-likeness (QED) is 0.739. The van der Waals surface area contributed by atoms with Crippen molar-refractivity contribution in [1.29, 1.82) is 0 Å². The number of likely N-dealkylation sites (N-methyl/N-ethyl adjacent to an activating group) is 1. The van der Waals surface area contributed by atoms with Crippen LogP contribution in [0.25, 0.3) is 0 Å². The molecule has 2 aliphatic rings. The molecule has 1 atom stereocenters. The second-order valence-corrected chi connectivity index (χ2v) is 5.54. The Labute approximate surface area is 115 Å². The first kappa shape index (κ1) is 12.6. The number of hydrogen-bond donors (Lipinski definition) is 0. The van der Waals surface area contributed by atoms with Crippen LogP contribution in [0.4, 0.5) is 0 Å². The molecule has 3 rings (SSSR count). The van der Waals surface area contributed by atoms with Crippen molar-refractivity contribution in [2.24, 2.45) is 4.99 Å². The van der Waals surface area contributed by atoms with Crippen molar-refractivity contribution >= 4 is 5.71 Å². The summed E-state index contributed by atoms with van der Waals surface area (Å²) in [5.41, 5.74) is 5.79. The van der Waals surface area contributed by atoms with Gasteiger partial charge >= 0.3 is 0 Å². The van der Waals surface area contributed by atoms with Crippen molar-refractivity contribution in [2.45, 2.75) is 32.7 Å². The molecule has 2 aliphatic heterocycles. The van der Waals surface area contributed by atoms with E-state index < -0.39 is 0 Å². The molecule has 1 unspecified atom stereocenters. The molecule has 0 radical (unpaired) electrons. The van der Waals surface area contributed by atoms with Crippen LogP contribution >= 0.6 is 0 Å². The molecule has 0 bridgehead atoms. The van der Waals surface area contributed by atoms with Crippen molar-refractivity contribution in [3.05, 3.63) is 47.0 Å². The Kier molecular flexibility index (Phi) is 3.52. The number of nitrogens with zero attached hydrogens (tertiary/aromatic N) is 2. The number of hydrogen-bond acceptors (Lipinski definition) is 2. The highest BCUT2D eigenvalue weighted by Gasteiger charge is 2.26. The summed E-state index contributed by atoms with van der Waals surface area (Å²) < 4.78 is 0. The molecule has 1 aromatic carbocycles. The zero-order chi connectivity index (χ0) is 13.2. The summed E-state index contributed by atoms with van der Waals surface area (Å²) in [6.45, 7) is 7.98. The number of benzene rings is 1. The SMILES string of the molecule is CCN1CCC2=C(C1)C(C)N=C(c1ccccc1)C2. The maximum atomic E-state index is 4.94. The zero-order valence-electron chi connectivity index (χ0n) is 11.9. The summed E-state index contributed by atoms with van der Waals surface area (Å²) >= 11 is 0. The maximum Gasteiger partial charge on any atom is 0.0699 e. The molecule has 0 fully saturated rings. The fourth-order valence-corrected chi connectivity index (χ4v) is 3.15. The van der Waals surface area contributed by atoms with Crippen molar-refractivity contribution < 1.29 is 0 Å². The molecule has 100 valence electrons. The Hall–Kier alpha value is -1.41. The van der Waals surface area contributed by atoms with Gasteiger partial charge in [-0.05, 0) is 31.0 Å². The first-order chi connectivity index (χ1) is 9.28. The van der Waals surface area contributed by atoms with Gasteiger partial charge in [-0.2, -0.15) is 0 Å². The highest BCUT2D eigenvalue weighted by atomic mass is 15.1. The zero-order valence-corrected chi connectivity index (χ0v) is 11.9. The Morgan fingerprint density at radius 3 is 2.79 bits per heavy atom. The summed E-state index contributed by atoms with van der Waals surface area (Å²) in [6, 6.07) is 11.0. The smallest absolute Gasteiger partial charge is 0.0699 e. The lowest BCUT2D eigenvalue weighted by Gasteiger charge is -2.34. The lowest BCUT2D eigenvalue weighted by atomic mass is 9.87. The van der Waals surface area contributed by atoms with E-state index in [-0.39, 0.29) is 0 Å². The van der Waals surface area contributed by atoms with Crippen LogP contribution in [-0.4, -0.2) is 36.3 Å². The molecule has 2 nitrogen and oxygen atoms in total. The molecule has 2 heterocycles. The van der Waals surface area contributed by atoms with Gasteiger partial charge in [0.05, 0.1) is 6.04 Å². The van der Waals surface area contributed by atoms with Crippen molar-refractivity contribution in [2.75, 3.05) is 19.6 Å². The van der Waals surface area contributed by atoms with E-state index in [1.165, 1.54) is 24.2 Å². The summed E-state index contributed by atoms with van der Waals surface area (Å²) in [7, 11) is 0. The van der Waals surface area contributed by atoms with E-state index in [0.717, 1.165) is 19.5 Å². The molecule has 0 saturated heterocycles. The van der Waals surface area contributed by atoms with Crippen LogP contribution < -0.4 is 0 Å². The average Bonchev–Trinajstić information content (AvgIpc) is 2.48. The molecule has 0 N–H and O–H groups in total. The average molecular weight is 254 g/mol. The fraction of sp³-hybridized carbons (Fsp3) is 0.471. The van der Waals surface area contributed by atoms with E-state index in [9.17, 15) is 0 Å². The fourth-order valence-electron chi connectivity index (χ4n) is 3.15. The lowest BCUT2D eigenvalue weighted by Crippen LogP contribution is -2.36. The minimum atomic E-state index is 0.355. The monoisotopic (exact) mass is 254 g/mol. The Morgan fingerprint density at radius 2 is 2.05 bits per heavy atom. The van der Waals surface area contributed by atoms with Gasteiger partial charge in [0, 0.05) is 25.2 Å².